The second-order valence-corrected chi connectivity index (χ2v) is 7.62. The number of aryl methyl sites for hydroxylation is 1. The van der Waals surface area contributed by atoms with Crippen LogP contribution in [-0.4, -0.2) is 0 Å². The number of allylic oxidation sites excluding steroid dienone is 7. The molecule has 0 heterocycles. The summed E-state index contributed by atoms with van der Waals surface area (Å²) in [6, 6.07) is 11.3. The Labute approximate surface area is 171 Å². The van der Waals surface area contributed by atoms with Crippen LogP contribution in [-0.2, 0) is 6.42 Å². The van der Waals surface area contributed by atoms with Crippen molar-refractivity contribution in [3.05, 3.63) is 102 Å². The van der Waals surface area contributed by atoms with E-state index >= 15 is 0 Å². The molecule has 0 aliphatic heterocycles. The van der Waals surface area contributed by atoms with E-state index < -0.39 is 0 Å². The number of fused-ring (bicyclic) bond motifs is 1. The van der Waals surface area contributed by atoms with Gasteiger partial charge in [-0.3, -0.25) is 0 Å². The first-order chi connectivity index (χ1) is 13.5. The summed E-state index contributed by atoms with van der Waals surface area (Å²) in [5.41, 5.74) is 6.70. The van der Waals surface area contributed by atoms with Crippen LogP contribution in [0.1, 0.15) is 50.3 Å². The van der Waals surface area contributed by atoms with E-state index in [1.807, 2.05) is 12.2 Å². The van der Waals surface area contributed by atoms with Crippen LogP contribution in [0.5, 0.6) is 0 Å². The summed E-state index contributed by atoms with van der Waals surface area (Å²) in [5.74, 6) is 0.548. The molecule has 0 aliphatic carbocycles. The normalized spacial score (nSPS) is 13.5. The molecule has 0 bridgehead atoms. The molecule has 2 aromatic rings. The first kappa shape index (κ1) is 21.7. The fourth-order valence-corrected chi connectivity index (χ4v) is 3.77. The van der Waals surface area contributed by atoms with Gasteiger partial charge < -0.3 is 0 Å². The zero-order chi connectivity index (χ0) is 20.5. The van der Waals surface area contributed by atoms with Crippen LogP contribution in [0.4, 0.5) is 0 Å². The molecule has 0 spiro atoms. The molecule has 28 heavy (non-hydrogen) atoms. The molecule has 0 aliphatic rings. The average molecular weight is 371 g/mol. The Morgan fingerprint density at radius 1 is 1.14 bits per heavy atom. The van der Waals surface area contributed by atoms with Gasteiger partial charge in [0.25, 0.3) is 0 Å². The highest BCUT2D eigenvalue weighted by Crippen LogP contribution is 2.28. The summed E-state index contributed by atoms with van der Waals surface area (Å²) in [4.78, 5) is 0. The third-order valence-electron chi connectivity index (χ3n) is 5.41. The van der Waals surface area contributed by atoms with E-state index in [1.54, 1.807) is 0 Å². The second kappa shape index (κ2) is 10.7. The minimum absolute atomic E-state index is 0.548. The van der Waals surface area contributed by atoms with Crippen molar-refractivity contribution >= 4 is 16.8 Å². The predicted octanol–water partition coefficient (Wildman–Crippen LogP) is 8.38. The fourth-order valence-electron chi connectivity index (χ4n) is 3.77. The van der Waals surface area contributed by atoms with E-state index in [1.165, 1.54) is 38.6 Å². The van der Waals surface area contributed by atoms with Gasteiger partial charge in [0.15, 0.2) is 0 Å². The second-order valence-electron chi connectivity index (χ2n) is 7.62. The van der Waals surface area contributed by atoms with E-state index in [0.717, 1.165) is 19.3 Å². The third kappa shape index (κ3) is 5.70. The largest absolute Gasteiger partial charge is 0.0995 e. The summed E-state index contributed by atoms with van der Waals surface area (Å²) in [6.07, 6.45) is 15.5. The number of rotatable bonds is 9. The summed E-state index contributed by atoms with van der Waals surface area (Å²) in [7, 11) is 0. The van der Waals surface area contributed by atoms with Crippen molar-refractivity contribution in [3.8, 4) is 0 Å². The Kier molecular flexibility index (Phi) is 8.26. The monoisotopic (exact) mass is 370 g/mol. The Morgan fingerprint density at radius 2 is 1.93 bits per heavy atom. The van der Waals surface area contributed by atoms with Crippen LogP contribution in [0.15, 0.2) is 85.0 Å². The van der Waals surface area contributed by atoms with Crippen LogP contribution in [0.3, 0.4) is 0 Å². The van der Waals surface area contributed by atoms with Crippen LogP contribution >= 0.6 is 0 Å². The minimum atomic E-state index is 0.548. The molecule has 0 amide bonds. The summed E-state index contributed by atoms with van der Waals surface area (Å²) in [6.45, 7) is 16.8. The van der Waals surface area contributed by atoms with E-state index in [-0.39, 0.29) is 0 Å². The molecule has 0 fully saturated rings. The molecule has 1 atom stereocenters. The smallest absolute Gasteiger partial charge is 0.00694 e. The molecule has 1 unspecified atom stereocenters. The Morgan fingerprint density at radius 3 is 2.61 bits per heavy atom. The van der Waals surface area contributed by atoms with E-state index in [9.17, 15) is 0 Å². The lowest BCUT2D eigenvalue weighted by Crippen LogP contribution is -2.03. The average Bonchev–Trinajstić information content (AvgIpc) is 2.68. The van der Waals surface area contributed by atoms with Crippen LogP contribution in [0, 0.1) is 12.8 Å². The molecule has 0 aromatic heterocycles. The highest BCUT2D eigenvalue weighted by Gasteiger charge is 2.11. The molecular formula is C28H34. The van der Waals surface area contributed by atoms with Crippen LogP contribution < -0.4 is 0 Å². The summed E-state index contributed by atoms with van der Waals surface area (Å²) >= 11 is 0. The third-order valence-corrected chi connectivity index (χ3v) is 5.41. The van der Waals surface area contributed by atoms with Crippen molar-refractivity contribution < 1.29 is 0 Å². The lowest BCUT2D eigenvalue weighted by atomic mass is 9.88. The maximum atomic E-state index is 4.39. The summed E-state index contributed by atoms with van der Waals surface area (Å²) in [5, 5.41) is 2.63. The quantitative estimate of drug-likeness (QED) is 0.307. The van der Waals surface area contributed by atoms with Gasteiger partial charge in [-0.2, -0.15) is 0 Å². The fraction of sp³-hybridized carbons (Fsp3) is 0.286. The lowest BCUT2D eigenvalue weighted by Gasteiger charge is -2.18. The van der Waals surface area contributed by atoms with Gasteiger partial charge in [-0.25, -0.2) is 0 Å². The maximum Gasteiger partial charge on any atom is -0.00694 e. The first-order valence-electron chi connectivity index (χ1n) is 10.3. The van der Waals surface area contributed by atoms with Gasteiger partial charge in [-0.1, -0.05) is 98.0 Å². The van der Waals surface area contributed by atoms with Gasteiger partial charge in [0, 0.05) is 0 Å². The van der Waals surface area contributed by atoms with Crippen molar-refractivity contribution in [2.45, 2.75) is 47.0 Å². The number of hydrogen-bond donors (Lipinski definition) is 0. The topological polar surface area (TPSA) is 0 Å². The molecule has 0 saturated heterocycles. The maximum absolute atomic E-state index is 4.39. The highest BCUT2D eigenvalue weighted by atomic mass is 14.2. The van der Waals surface area contributed by atoms with Crippen LogP contribution in [0.25, 0.3) is 16.8 Å². The van der Waals surface area contributed by atoms with E-state index in [4.69, 9.17) is 0 Å². The molecule has 146 valence electrons. The summed E-state index contributed by atoms with van der Waals surface area (Å²) < 4.78 is 0. The standard InChI is InChI=1S/C28H34/c1-7-10-11-13-22(5)25(9-3)19-21(4)18-24-15-17-28-26(20-24)16-14-23(6)27(28)12-8-2/h7-8,10-17,20,25H,1,4,9,18-19H2,2-3,5-6H3/b11-10-,12-8-,22-13+. The zero-order valence-corrected chi connectivity index (χ0v) is 18.0. The van der Waals surface area contributed by atoms with Gasteiger partial charge in [0.05, 0.1) is 0 Å². The van der Waals surface area contributed by atoms with Crippen LogP contribution in [0.2, 0.25) is 0 Å². The Hall–Kier alpha value is -2.60. The zero-order valence-electron chi connectivity index (χ0n) is 18.0. The van der Waals surface area contributed by atoms with Gasteiger partial charge in [-0.15, -0.1) is 0 Å². The highest BCUT2D eigenvalue weighted by molar-refractivity contribution is 5.92. The molecular weight excluding hydrogens is 336 g/mol. The number of hydrogen-bond acceptors (Lipinski definition) is 0. The molecule has 0 heteroatoms. The first-order valence-corrected chi connectivity index (χ1v) is 10.3. The van der Waals surface area contributed by atoms with Gasteiger partial charge in [-0.05, 0) is 73.4 Å². The van der Waals surface area contributed by atoms with Crippen molar-refractivity contribution in [2.24, 2.45) is 5.92 Å². The molecule has 0 saturated carbocycles. The molecule has 2 aromatic carbocycles. The Bertz CT molecular complexity index is 918. The lowest BCUT2D eigenvalue weighted by molar-refractivity contribution is 0.580. The number of benzene rings is 2. The van der Waals surface area contributed by atoms with Crippen molar-refractivity contribution in [3.63, 3.8) is 0 Å². The van der Waals surface area contributed by atoms with Crippen molar-refractivity contribution in [1.82, 2.24) is 0 Å². The van der Waals surface area contributed by atoms with Crippen molar-refractivity contribution in [2.75, 3.05) is 0 Å². The Balaban J connectivity index is 2.16. The SMILES string of the molecule is C=C/C=C\C=C(/C)C(CC)CC(=C)Cc1ccc2c(/C=C\C)c(C)ccc2c1. The molecule has 0 N–H and O–H groups in total. The van der Waals surface area contributed by atoms with E-state index in [2.05, 4.69) is 95.5 Å². The van der Waals surface area contributed by atoms with Gasteiger partial charge >= 0.3 is 0 Å². The molecule has 0 radical (unpaired) electrons. The van der Waals surface area contributed by atoms with E-state index in [0.29, 0.717) is 5.92 Å². The predicted molar refractivity (Wildman–Crippen MR) is 128 cm³/mol. The molecule has 0 nitrogen and oxygen atoms in total. The van der Waals surface area contributed by atoms with Crippen molar-refractivity contribution in [1.29, 1.82) is 0 Å². The van der Waals surface area contributed by atoms with Gasteiger partial charge in [0.2, 0.25) is 0 Å². The molecule has 2 rings (SSSR count). The van der Waals surface area contributed by atoms with Gasteiger partial charge in [0.1, 0.15) is 0 Å². The minimum Gasteiger partial charge on any atom is -0.0995 e.